The number of methoxy groups -OCH3 is 3. The lowest BCUT2D eigenvalue weighted by Crippen LogP contribution is -2.06. The Morgan fingerprint density at radius 1 is 0.968 bits per heavy atom. The topological polar surface area (TPSA) is 79.5 Å². The Bertz CT molecular complexity index is 1190. The minimum Gasteiger partial charge on any atom is -0.493 e. The largest absolute Gasteiger partial charge is 0.493 e. The summed E-state index contributed by atoms with van der Waals surface area (Å²) in [4.78, 5) is 16.6. The maximum atomic E-state index is 14.0. The van der Waals surface area contributed by atoms with Crippen molar-refractivity contribution < 1.29 is 32.5 Å². The summed E-state index contributed by atoms with van der Waals surface area (Å²) in [5.41, 5.74) is 0.832. The lowest BCUT2D eigenvalue weighted by molar-refractivity contribution is -0.129. The summed E-state index contributed by atoms with van der Waals surface area (Å²) < 4.78 is 40.9. The van der Waals surface area contributed by atoms with E-state index in [0.29, 0.717) is 39.9 Å². The molecule has 1 aliphatic rings. The normalized spacial score (nSPS) is 14.4. The highest BCUT2D eigenvalue weighted by molar-refractivity contribution is 6.13. The van der Waals surface area contributed by atoms with E-state index in [-0.39, 0.29) is 11.6 Å². The summed E-state index contributed by atoms with van der Waals surface area (Å²) >= 11 is 0. The van der Waals surface area contributed by atoms with E-state index >= 15 is 0 Å². The Morgan fingerprint density at radius 3 is 2.32 bits per heavy atom. The molecule has 1 aromatic heterocycles. The maximum Gasteiger partial charge on any atom is 0.363 e. The van der Waals surface area contributed by atoms with Crippen molar-refractivity contribution in [2.75, 3.05) is 21.3 Å². The number of esters is 1. The Hall–Kier alpha value is -4.07. The van der Waals surface area contributed by atoms with Crippen LogP contribution in [0.25, 0.3) is 17.4 Å². The van der Waals surface area contributed by atoms with E-state index < -0.39 is 11.8 Å². The van der Waals surface area contributed by atoms with Crippen molar-refractivity contribution in [1.29, 1.82) is 0 Å². The van der Waals surface area contributed by atoms with Crippen LogP contribution < -0.4 is 14.2 Å². The number of carbonyl (C=O) groups is 1. The molecular weight excluding hydrogens is 405 g/mol. The number of furan rings is 1. The fourth-order valence-electron chi connectivity index (χ4n) is 3.11. The third kappa shape index (κ3) is 3.87. The fourth-order valence-corrected chi connectivity index (χ4v) is 3.11. The SMILES string of the molecule is COc1cc(C2=N/C(=C/c3ccc(-c4ccccc4F)o3)C(=O)O2)cc(OC)c1OC. The first-order chi connectivity index (χ1) is 15.0. The first-order valence-corrected chi connectivity index (χ1v) is 9.21. The van der Waals surface area contributed by atoms with Crippen LogP contribution in [0.15, 0.2) is 63.6 Å². The Morgan fingerprint density at radius 2 is 1.68 bits per heavy atom. The van der Waals surface area contributed by atoms with Gasteiger partial charge in [0.15, 0.2) is 17.2 Å². The standard InChI is InChI=1S/C23H18FNO6/c1-27-19-10-13(11-20(28-2)21(19)29-3)22-25-17(23(26)31-22)12-14-8-9-18(30-14)15-6-4-5-7-16(15)24/h4-12H,1-3H3/b17-12+. The van der Waals surface area contributed by atoms with E-state index in [1.807, 2.05) is 0 Å². The molecule has 0 radical (unpaired) electrons. The predicted octanol–water partition coefficient (Wildman–Crippen LogP) is 4.46. The molecule has 0 saturated carbocycles. The molecule has 2 aromatic carbocycles. The van der Waals surface area contributed by atoms with E-state index in [9.17, 15) is 9.18 Å². The second-order valence-corrected chi connectivity index (χ2v) is 6.43. The molecule has 7 nitrogen and oxygen atoms in total. The van der Waals surface area contributed by atoms with E-state index in [0.717, 1.165) is 0 Å². The first kappa shape index (κ1) is 20.2. The van der Waals surface area contributed by atoms with Gasteiger partial charge in [-0.1, -0.05) is 12.1 Å². The molecule has 3 aromatic rings. The summed E-state index contributed by atoms with van der Waals surface area (Å²) in [6.07, 6.45) is 1.43. The number of halogens is 1. The van der Waals surface area contributed by atoms with Gasteiger partial charge in [-0.3, -0.25) is 0 Å². The highest BCUT2D eigenvalue weighted by Crippen LogP contribution is 2.39. The van der Waals surface area contributed by atoms with Gasteiger partial charge in [-0.15, -0.1) is 0 Å². The number of aliphatic imine (C=N–C) groups is 1. The number of nitrogens with zero attached hydrogens (tertiary/aromatic N) is 1. The molecule has 0 amide bonds. The molecule has 0 N–H and O–H groups in total. The van der Waals surface area contributed by atoms with Crippen LogP contribution in [-0.4, -0.2) is 33.2 Å². The van der Waals surface area contributed by atoms with Crippen LogP contribution in [0.5, 0.6) is 17.2 Å². The predicted molar refractivity (Wildman–Crippen MR) is 111 cm³/mol. The van der Waals surface area contributed by atoms with Gasteiger partial charge in [0.25, 0.3) is 0 Å². The smallest absolute Gasteiger partial charge is 0.363 e. The van der Waals surface area contributed by atoms with Gasteiger partial charge in [0.1, 0.15) is 17.3 Å². The average molecular weight is 423 g/mol. The highest BCUT2D eigenvalue weighted by Gasteiger charge is 2.27. The van der Waals surface area contributed by atoms with Crippen molar-refractivity contribution in [2.24, 2.45) is 4.99 Å². The van der Waals surface area contributed by atoms with Crippen LogP contribution in [-0.2, 0) is 9.53 Å². The third-order valence-corrected chi connectivity index (χ3v) is 4.58. The summed E-state index contributed by atoms with van der Waals surface area (Å²) in [6, 6.07) is 12.7. The lowest BCUT2D eigenvalue weighted by Gasteiger charge is -2.13. The average Bonchev–Trinajstić information content (AvgIpc) is 3.40. The zero-order valence-electron chi connectivity index (χ0n) is 17.0. The summed E-state index contributed by atoms with van der Waals surface area (Å²) in [5, 5.41) is 0. The molecule has 4 rings (SSSR count). The van der Waals surface area contributed by atoms with Crippen molar-refractivity contribution in [3.8, 4) is 28.6 Å². The van der Waals surface area contributed by atoms with Crippen LogP contribution in [0.4, 0.5) is 4.39 Å². The molecule has 0 aliphatic carbocycles. The van der Waals surface area contributed by atoms with Gasteiger partial charge < -0.3 is 23.4 Å². The van der Waals surface area contributed by atoms with Crippen LogP contribution >= 0.6 is 0 Å². The van der Waals surface area contributed by atoms with Gasteiger partial charge in [0.05, 0.1) is 26.9 Å². The number of ether oxygens (including phenoxy) is 4. The number of cyclic esters (lactones) is 1. The molecule has 0 spiro atoms. The Kier molecular flexibility index (Phi) is 5.44. The molecule has 1 aliphatic heterocycles. The van der Waals surface area contributed by atoms with E-state index in [2.05, 4.69) is 4.99 Å². The minimum atomic E-state index is -0.646. The van der Waals surface area contributed by atoms with E-state index in [1.165, 1.54) is 33.5 Å². The van der Waals surface area contributed by atoms with E-state index in [4.69, 9.17) is 23.4 Å². The van der Waals surface area contributed by atoms with Gasteiger partial charge in [0, 0.05) is 11.6 Å². The minimum absolute atomic E-state index is 0.0400. The number of rotatable bonds is 6. The van der Waals surface area contributed by atoms with Crippen molar-refractivity contribution in [3.05, 3.63) is 71.4 Å². The second kappa shape index (κ2) is 8.35. The maximum absolute atomic E-state index is 14.0. The van der Waals surface area contributed by atoms with Gasteiger partial charge in [-0.05, 0) is 36.4 Å². The molecule has 0 atom stereocenters. The Labute approximate surface area is 177 Å². The summed E-state index contributed by atoms with van der Waals surface area (Å²) in [7, 11) is 4.46. The van der Waals surface area contributed by atoms with Gasteiger partial charge >= 0.3 is 5.97 Å². The molecule has 0 saturated heterocycles. The lowest BCUT2D eigenvalue weighted by atomic mass is 10.1. The third-order valence-electron chi connectivity index (χ3n) is 4.58. The molecule has 8 heteroatoms. The first-order valence-electron chi connectivity index (χ1n) is 9.21. The number of hydrogen-bond donors (Lipinski definition) is 0. The van der Waals surface area contributed by atoms with Crippen LogP contribution in [0, 0.1) is 5.82 Å². The molecule has 2 heterocycles. The quantitative estimate of drug-likeness (QED) is 0.430. The Balaban J connectivity index is 1.67. The van der Waals surface area contributed by atoms with Crippen LogP contribution in [0.2, 0.25) is 0 Å². The van der Waals surface area contributed by atoms with Gasteiger partial charge in [-0.2, -0.15) is 0 Å². The monoisotopic (exact) mass is 423 g/mol. The highest BCUT2D eigenvalue weighted by atomic mass is 19.1. The second-order valence-electron chi connectivity index (χ2n) is 6.43. The van der Waals surface area contributed by atoms with Crippen LogP contribution in [0.1, 0.15) is 11.3 Å². The van der Waals surface area contributed by atoms with Gasteiger partial charge in [-0.25, -0.2) is 14.2 Å². The van der Waals surface area contributed by atoms with E-state index in [1.54, 1.807) is 42.5 Å². The van der Waals surface area contributed by atoms with Gasteiger partial charge in [0.2, 0.25) is 11.6 Å². The zero-order chi connectivity index (χ0) is 22.0. The number of benzene rings is 2. The van der Waals surface area contributed by atoms with Crippen molar-refractivity contribution in [2.45, 2.75) is 0 Å². The van der Waals surface area contributed by atoms with Crippen molar-refractivity contribution in [3.63, 3.8) is 0 Å². The molecule has 0 unspecified atom stereocenters. The number of hydrogen-bond acceptors (Lipinski definition) is 7. The molecule has 31 heavy (non-hydrogen) atoms. The van der Waals surface area contributed by atoms with Crippen molar-refractivity contribution >= 4 is 17.9 Å². The van der Waals surface area contributed by atoms with Crippen molar-refractivity contribution in [1.82, 2.24) is 0 Å². The molecule has 0 bridgehead atoms. The van der Waals surface area contributed by atoms with Crippen LogP contribution in [0.3, 0.4) is 0 Å². The fraction of sp³-hybridized carbons (Fsp3) is 0.130. The molecule has 158 valence electrons. The summed E-state index contributed by atoms with van der Waals surface area (Å²) in [5.74, 6) is 0.904. The zero-order valence-corrected chi connectivity index (χ0v) is 17.0. The number of carbonyl (C=O) groups excluding carboxylic acids is 1. The molecular formula is C23H18FNO6. The molecule has 0 fully saturated rings. The summed E-state index contributed by atoms with van der Waals surface area (Å²) in [6.45, 7) is 0.